The van der Waals surface area contributed by atoms with E-state index in [2.05, 4.69) is 17.3 Å². The van der Waals surface area contributed by atoms with Gasteiger partial charge >= 0.3 is 0 Å². The van der Waals surface area contributed by atoms with Crippen molar-refractivity contribution in [3.8, 4) is 0 Å². The predicted octanol–water partition coefficient (Wildman–Crippen LogP) is 3.61. The summed E-state index contributed by atoms with van der Waals surface area (Å²) in [6.45, 7) is 3.29. The van der Waals surface area contributed by atoms with Crippen molar-refractivity contribution in [1.82, 2.24) is 15.0 Å². The van der Waals surface area contributed by atoms with E-state index in [1.165, 1.54) is 9.71 Å². The molecule has 5 nitrogen and oxygen atoms in total. The van der Waals surface area contributed by atoms with Crippen molar-refractivity contribution in [3.63, 3.8) is 0 Å². The average molecular weight is 327 g/mol. The van der Waals surface area contributed by atoms with Gasteiger partial charge < -0.3 is 9.42 Å². The molecule has 0 atom stereocenters. The van der Waals surface area contributed by atoms with Crippen molar-refractivity contribution < 1.29 is 9.32 Å². The number of carbonyl (C=O) groups excluding carboxylic acids is 1. The molecule has 0 spiro atoms. The summed E-state index contributed by atoms with van der Waals surface area (Å²) >= 11 is 1.77. The van der Waals surface area contributed by atoms with Gasteiger partial charge in [-0.15, -0.1) is 11.3 Å². The van der Waals surface area contributed by atoms with E-state index >= 15 is 0 Å². The van der Waals surface area contributed by atoms with Crippen LogP contribution in [0.25, 0.3) is 10.2 Å². The quantitative estimate of drug-likeness (QED) is 0.721. The third-order valence-corrected chi connectivity index (χ3v) is 5.48. The third-order valence-electron chi connectivity index (χ3n) is 4.28. The second-order valence-corrected chi connectivity index (χ2v) is 6.98. The number of piperidine rings is 1. The second kappa shape index (κ2) is 5.77. The monoisotopic (exact) mass is 327 g/mol. The van der Waals surface area contributed by atoms with Gasteiger partial charge in [-0.05, 0) is 31.9 Å². The van der Waals surface area contributed by atoms with E-state index < -0.39 is 0 Å². The highest BCUT2D eigenvalue weighted by atomic mass is 32.1. The Morgan fingerprint density at radius 1 is 1.30 bits per heavy atom. The molecule has 0 radical (unpaired) electrons. The van der Waals surface area contributed by atoms with Crippen LogP contribution < -0.4 is 0 Å². The SMILES string of the molecule is Cc1cc(C(=O)N2CCC(c3nc4ccccc4s3)CC2)on1. The number of amides is 1. The van der Waals surface area contributed by atoms with Gasteiger partial charge in [0.05, 0.1) is 20.9 Å². The molecular weight excluding hydrogens is 310 g/mol. The lowest BCUT2D eigenvalue weighted by molar-refractivity contribution is 0.0671. The summed E-state index contributed by atoms with van der Waals surface area (Å²) < 4.78 is 6.31. The number of aryl methyl sites for hydroxylation is 1. The number of nitrogens with zero attached hydrogens (tertiary/aromatic N) is 3. The van der Waals surface area contributed by atoms with Crippen molar-refractivity contribution in [1.29, 1.82) is 0 Å². The first-order chi connectivity index (χ1) is 11.2. The number of likely N-dealkylation sites (tertiary alicyclic amines) is 1. The number of fused-ring (bicyclic) bond motifs is 1. The molecule has 1 aromatic carbocycles. The highest BCUT2D eigenvalue weighted by Crippen LogP contribution is 2.34. The standard InChI is InChI=1S/C17H17N3O2S/c1-11-10-14(22-19-11)17(21)20-8-6-12(7-9-20)16-18-13-4-2-3-5-15(13)23-16/h2-5,10,12H,6-9H2,1H3. The Morgan fingerprint density at radius 3 is 2.78 bits per heavy atom. The summed E-state index contributed by atoms with van der Waals surface area (Å²) in [5.74, 6) is 0.710. The van der Waals surface area contributed by atoms with Crippen molar-refractivity contribution >= 4 is 27.5 Å². The third kappa shape index (κ3) is 2.74. The highest BCUT2D eigenvalue weighted by Gasteiger charge is 2.28. The van der Waals surface area contributed by atoms with Gasteiger partial charge in [0, 0.05) is 25.1 Å². The molecule has 0 saturated carbocycles. The number of benzene rings is 1. The van der Waals surface area contributed by atoms with Gasteiger partial charge in [0.15, 0.2) is 0 Å². The summed E-state index contributed by atoms with van der Waals surface area (Å²) in [7, 11) is 0. The van der Waals surface area contributed by atoms with Crippen LogP contribution in [-0.4, -0.2) is 34.0 Å². The minimum Gasteiger partial charge on any atom is -0.351 e. The van der Waals surface area contributed by atoms with Gasteiger partial charge in [-0.2, -0.15) is 0 Å². The summed E-state index contributed by atoms with van der Waals surface area (Å²) in [5, 5.41) is 4.98. The fourth-order valence-corrected chi connectivity index (χ4v) is 4.15. The maximum absolute atomic E-state index is 12.4. The number of para-hydroxylation sites is 1. The van der Waals surface area contributed by atoms with Crippen LogP contribution in [0.1, 0.15) is 40.0 Å². The summed E-state index contributed by atoms with van der Waals surface area (Å²) in [6.07, 6.45) is 1.89. The second-order valence-electron chi connectivity index (χ2n) is 5.92. The normalized spacial score (nSPS) is 16.1. The largest absolute Gasteiger partial charge is 0.351 e. The molecule has 0 bridgehead atoms. The number of rotatable bonds is 2. The molecule has 3 heterocycles. The van der Waals surface area contributed by atoms with Crippen LogP contribution in [0.4, 0.5) is 0 Å². The molecule has 4 rings (SSSR count). The summed E-state index contributed by atoms with van der Waals surface area (Å²) in [5.41, 5.74) is 1.81. The molecule has 2 aromatic heterocycles. The van der Waals surface area contributed by atoms with Crippen molar-refractivity contribution in [2.24, 2.45) is 0 Å². The highest BCUT2D eigenvalue weighted by molar-refractivity contribution is 7.18. The number of aromatic nitrogens is 2. The van der Waals surface area contributed by atoms with Crippen LogP contribution in [0.5, 0.6) is 0 Å². The Labute approximate surface area is 137 Å². The molecule has 1 fully saturated rings. The van der Waals surface area contributed by atoms with E-state index in [4.69, 9.17) is 9.51 Å². The van der Waals surface area contributed by atoms with Crippen LogP contribution in [0.3, 0.4) is 0 Å². The van der Waals surface area contributed by atoms with E-state index in [0.717, 1.165) is 37.1 Å². The fourth-order valence-electron chi connectivity index (χ4n) is 3.01. The Balaban J connectivity index is 1.45. The zero-order valence-corrected chi connectivity index (χ0v) is 13.7. The molecule has 0 N–H and O–H groups in total. The van der Waals surface area contributed by atoms with Crippen LogP contribution in [-0.2, 0) is 0 Å². The Kier molecular flexibility index (Phi) is 3.61. The molecular formula is C17H17N3O2S. The smallest absolute Gasteiger partial charge is 0.292 e. The van der Waals surface area contributed by atoms with Crippen LogP contribution in [0, 0.1) is 6.92 Å². The maximum atomic E-state index is 12.4. The first-order valence-corrected chi connectivity index (χ1v) is 8.60. The lowest BCUT2D eigenvalue weighted by Gasteiger charge is -2.30. The van der Waals surface area contributed by atoms with Gasteiger partial charge in [-0.1, -0.05) is 17.3 Å². The number of hydrogen-bond donors (Lipinski definition) is 0. The van der Waals surface area contributed by atoms with E-state index in [9.17, 15) is 4.79 Å². The van der Waals surface area contributed by atoms with Crippen molar-refractivity contribution in [2.75, 3.05) is 13.1 Å². The molecule has 3 aromatic rings. The van der Waals surface area contributed by atoms with Crippen LogP contribution in [0.2, 0.25) is 0 Å². The first kappa shape index (κ1) is 14.4. The Morgan fingerprint density at radius 2 is 2.09 bits per heavy atom. The van der Waals surface area contributed by atoms with Crippen LogP contribution >= 0.6 is 11.3 Å². The zero-order chi connectivity index (χ0) is 15.8. The van der Waals surface area contributed by atoms with Gasteiger partial charge in [-0.3, -0.25) is 4.79 Å². The molecule has 1 aliphatic heterocycles. The molecule has 118 valence electrons. The van der Waals surface area contributed by atoms with Gasteiger partial charge in [-0.25, -0.2) is 4.98 Å². The van der Waals surface area contributed by atoms with E-state index in [0.29, 0.717) is 11.7 Å². The van der Waals surface area contributed by atoms with Crippen molar-refractivity contribution in [2.45, 2.75) is 25.7 Å². The molecule has 6 heteroatoms. The first-order valence-electron chi connectivity index (χ1n) is 7.79. The van der Waals surface area contributed by atoms with Gasteiger partial charge in [0.25, 0.3) is 5.91 Å². The fraction of sp³-hybridized carbons (Fsp3) is 0.353. The number of thiazole rings is 1. The van der Waals surface area contributed by atoms with E-state index in [-0.39, 0.29) is 5.91 Å². The van der Waals surface area contributed by atoms with Gasteiger partial charge in [0.1, 0.15) is 0 Å². The van der Waals surface area contributed by atoms with Crippen molar-refractivity contribution in [3.05, 3.63) is 46.8 Å². The topological polar surface area (TPSA) is 59.2 Å². The molecule has 23 heavy (non-hydrogen) atoms. The molecule has 1 amide bonds. The molecule has 1 aliphatic rings. The summed E-state index contributed by atoms with van der Waals surface area (Å²) in [4.78, 5) is 19.0. The average Bonchev–Trinajstić information content (AvgIpc) is 3.20. The zero-order valence-electron chi connectivity index (χ0n) is 12.9. The maximum Gasteiger partial charge on any atom is 0.292 e. The lowest BCUT2D eigenvalue weighted by atomic mass is 9.97. The van der Waals surface area contributed by atoms with Crippen LogP contribution in [0.15, 0.2) is 34.9 Å². The molecule has 0 unspecified atom stereocenters. The lowest BCUT2D eigenvalue weighted by Crippen LogP contribution is -2.37. The predicted molar refractivity (Wildman–Crippen MR) is 88.7 cm³/mol. The molecule has 0 aliphatic carbocycles. The minimum atomic E-state index is -0.0617. The minimum absolute atomic E-state index is 0.0617. The Hall–Kier alpha value is -2.21. The summed E-state index contributed by atoms with van der Waals surface area (Å²) in [6, 6.07) is 9.93. The number of carbonyl (C=O) groups is 1. The van der Waals surface area contributed by atoms with Gasteiger partial charge in [0.2, 0.25) is 5.76 Å². The Bertz CT molecular complexity index is 813. The van der Waals surface area contributed by atoms with E-state index in [1.807, 2.05) is 24.0 Å². The number of hydrogen-bond acceptors (Lipinski definition) is 5. The molecule has 1 saturated heterocycles. The van der Waals surface area contributed by atoms with E-state index in [1.54, 1.807) is 17.4 Å².